The predicted molar refractivity (Wildman–Crippen MR) is 118 cm³/mol. The van der Waals surface area contributed by atoms with Crippen molar-refractivity contribution in [1.82, 2.24) is 19.9 Å². The van der Waals surface area contributed by atoms with Crippen molar-refractivity contribution in [2.75, 3.05) is 33.3 Å². The Morgan fingerprint density at radius 3 is 2.47 bits per heavy atom. The maximum atomic E-state index is 12.6. The van der Waals surface area contributed by atoms with Gasteiger partial charge in [0.1, 0.15) is 0 Å². The van der Waals surface area contributed by atoms with Crippen LogP contribution in [-0.4, -0.2) is 62.5 Å². The summed E-state index contributed by atoms with van der Waals surface area (Å²) >= 11 is 0. The summed E-state index contributed by atoms with van der Waals surface area (Å²) in [4.78, 5) is 8.59. The Hall–Kier alpha value is -1.35. The zero-order valence-corrected chi connectivity index (χ0v) is 19.9. The van der Waals surface area contributed by atoms with Gasteiger partial charge in [-0.1, -0.05) is 6.07 Å². The number of aromatic nitrogens is 1. The summed E-state index contributed by atoms with van der Waals surface area (Å²) < 4.78 is 66.4. The Bertz CT molecular complexity index is 783. The Morgan fingerprint density at radius 1 is 1.30 bits per heavy atom. The fourth-order valence-corrected chi connectivity index (χ4v) is 3.86. The molecule has 0 aromatic carbocycles. The Balaban J connectivity index is 0.00000450. The summed E-state index contributed by atoms with van der Waals surface area (Å²) in [6.45, 7) is 3.18. The molecule has 2 heterocycles. The molecule has 30 heavy (non-hydrogen) atoms. The molecule has 0 atom stereocenters. The number of pyridine rings is 1. The lowest BCUT2D eigenvalue weighted by atomic mass is 9.98. The summed E-state index contributed by atoms with van der Waals surface area (Å²) in [7, 11) is -3.71. The van der Waals surface area contributed by atoms with E-state index in [0.717, 1.165) is 5.56 Å². The summed E-state index contributed by atoms with van der Waals surface area (Å²) in [5.41, 5.74) is -4.35. The molecule has 0 aliphatic carbocycles. The van der Waals surface area contributed by atoms with Crippen LogP contribution in [0.15, 0.2) is 23.3 Å². The molecular formula is C17H27F3IN5O3S. The van der Waals surface area contributed by atoms with Crippen molar-refractivity contribution in [3.8, 4) is 5.88 Å². The number of aliphatic imine (C=N–C) groups is 1. The van der Waals surface area contributed by atoms with Crippen molar-refractivity contribution in [3.63, 3.8) is 0 Å². The van der Waals surface area contributed by atoms with Crippen LogP contribution in [0.2, 0.25) is 0 Å². The molecule has 1 aliphatic heterocycles. The van der Waals surface area contributed by atoms with E-state index >= 15 is 0 Å². The van der Waals surface area contributed by atoms with E-state index in [2.05, 4.69) is 20.6 Å². The number of piperidine rings is 1. The summed E-state index contributed by atoms with van der Waals surface area (Å²) in [5, 5.41) is 6.28. The number of rotatable bonds is 7. The average molecular weight is 565 g/mol. The number of alkyl halides is 3. The maximum absolute atomic E-state index is 12.6. The Kier molecular flexibility index (Phi) is 10.6. The van der Waals surface area contributed by atoms with Crippen molar-refractivity contribution in [2.24, 2.45) is 10.9 Å². The van der Waals surface area contributed by atoms with Crippen molar-refractivity contribution in [3.05, 3.63) is 23.9 Å². The van der Waals surface area contributed by atoms with Crippen LogP contribution in [0.4, 0.5) is 13.2 Å². The molecule has 8 nitrogen and oxygen atoms in total. The molecule has 0 radical (unpaired) electrons. The second-order valence-electron chi connectivity index (χ2n) is 6.58. The molecule has 13 heteroatoms. The van der Waals surface area contributed by atoms with Crippen molar-refractivity contribution < 1.29 is 26.3 Å². The van der Waals surface area contributed by atoms with E-state index < -0.39 is 15.5 Å². The van der Waals surface area contributed by atoms with Crippen molar-refractivity contribution >= 4 is 40.0 Å². The number of halogens is 4. The summed E-state index contributed by atoms with van der Waals surface area (Å²) in [5.74, 6) is 1.15. The second kappa shape index (κ2) is 11.9. The van der Waals surface area contributed by atoms with E-state index in [9.17, 15) is 21.6 Å². The van der Waals surface area contributed by atoms with E-state index in [-0.39, 0.29) is 43.0 Å². The van der Waals surface area contributed by atoms with Crippen LogP contribution in [0, 0.1) is 5.92 Å². The number of nitrogens with zero attached hydrogens (tertiary/aromatic N) is 3. The molecule has 1 saturated heterocycles. The van der Waals surface area contributed by atoms with E-state index in [1.165, 1.54) is 7.11 Å². The van der Waals surface area contributed by atoms with Gasteiger partial charge in [0, 0.05) is 38.4 Å². The largest absolute Gasteiger partial charge is 0.511 e. The van der Waals surface area contributed by atoms with Gasteiger partial charge < -0.3 is 15.4 Å². The molecule has 1 aromatic heterocycles. The van der Waals surface area contributed by atoms with Crippen LogP contribution in [0.3, 0.4) is 0 Å². The van der Waals surface area contributed by atoms with Gasteiger partial charge in [-0.25, -0.2) is 18.4 Å². The third-order valence-electron chi connectivity index (χ3n) is 4.53. The first-order chi connectivity index (χ1) is 13.7. The predicted octanol–water partition coefficient (Wildman–Crippen LogP) is 2.32. The van der Waals surface area contributed by atoms with E-state index in [0.29, 0.717) is 48.6 Å². The number of hydrogen-bond acceptors (Lipinski definition) is 5. The Morgan fingerprint density at radius 2 is 1.97 bits per heavy atom. The molecule has 0 unspecified atom stereocenters. The first-order valence-corrected chi connectivity index (χ1v) is 10.7. The molecule has 0 amide bonds. The van der Waals surface area contributed by atoms with Crippen molar-refractivity contribution in [2.45, 2.75) is 31.8 Å². The third kappa shape index (κ3) is 7.41. The van der Waals surface area contributed by atoms with Gasteiger partial charge in [0.2, 0.25) is 5.88 Å². The first-order valence-electron chi connectivity index (χ1n) is 9.25. The van der Waals surface area contributed by atoms with Crippen LogP contribution in [0.25, 0.3) is 0 Å². The fourth-order valence-electron chi connectivity index (χ4n) is 2.88. The molecule has 2 rings (SSSR count). The van der Waals surface area contributed by atoms with E-state index in [1.54, 1.807) is 12.3 Å². The molecule has 1 fully saturated rings. The smallest absolute Gasteiger partial charge is 0.481 e. The fraction of sp³-hybridized carbons (Fsp3) is 0.647. The van der Waals surface area contributed by atoms with Crippen LogP contribution in [0.1, 0.15) is 25.3 Å². The van der Waals surface area contributed by atoms with Crippen LogP contribution >= 0.6 is 24.0 Å². The van der Waals surface area contributed by atoms with Crippen LogP contribution in [0.5, 0.6) is 5.88 Å². The normalized spacial score (nSPS) is 16.6. The number of sulfonamides is 1. The average Bonchev–Trinajstić information content (AvgIpc) is 2.70. The van der Waals surface area contributed by atoms with Gasteiger partial charge in [-0.15, -0.1) is 24.0 Å². The molecule has 0 bridgehead atoms. The van der Waals surface area contributed by atoms with Gasteiger partial charge >= 0.3 is 15.5 Å². The monoisotopic (exact) mass is 565 g/mol. The van der Waals surface area contributed by atoms with Crippen molar-refractivity contribution in [1.29, 1.82) is 0 Å². The highest BCUT2D eigenvalue weighted by atomic mass is 127. The molecular weight excluding hydrogens is 538 g/mol. The molecule has 0 spiro atoms. The number of nitrogens with one attached hydrogen (secondary N) is 2. The highest BCUT2D eigenvalue weighted by Crippen LogP contribution is 2.30. The number of methoxy groups -OCH3 is 1. The van der Waals surface area contributed by atoms with Gasteiger partial charge in [0.05, 0.1) is 13.7 Å². The zero-order valence-electron chi connectivity index (χ0n) is 16.8. The summed E-state index contributed by atoms with van der Waals surface area (Å²) in [6.07, 6.45) is 2.37. The summed E-state index contributed by atoms with van der Waals surface area (Å²) in [6, 6.07) is 3.60. The van der Waals surface area contributed by atoms with Gasteiger partial charge in [-0.05, 0) is 31.2 Å². The second-order valence-corrected chi connectivity index (χ2v) is 8.51. The quantitative estimate of drug-likeness (QED) is 0.300. The molecule has 2 N–H and O–H groups in total. The minimum atomic E-state index is -5.25. The topological polar surface area (TPSA) is 95.9 Å². The van der Waals surface area contributed by atoms with Crippen LogP contribution < -0.4 is 15.4 Å². The van der Waals surface area contributed by atoms with Gasteiger partial charge in [-0.2, -0.15) is 17.5 Å². The highest BCUT2D eigenvalue weighted by molar-refractivity contribution is 14.0. The lowest BCUT2D eigenvalue weighted by Gasteiger charge is -2.31. The van der Waals surface area contributed by atoms with E-state index in [1.807, 2.05) is 13.0 Å². The zero-order chi connectivity index (χ0) is 21.5. The maximum Gasteiger partial charge on any atom is 0.511 e. The highest BCUT2D eigenvalue weighted by Gasteiger charge is 2.50. The Labute approximate surface area is 191 Å². The molecule has 1 aromatic rings. The lowest BCUT2D eigenvalue weighted by molar-refractivity contribution is -0.0496. The third-order valence-corrected chi connectivity index (χ3v) is 6.16. The number of hydrogen-bond donors (Lipinski definition) is 2. The lowest BCUT2D eigenvalue weighted by Crippen LogP contribution is -2.47. The van der Waals surface area contributed by atoms with Gasteiger partial charge in [-0.3, -0.25) is 0 Å². The minimum absolute atomic E-state index is 0. The molecule has 0 saturated carbocycles. The van der Waals surface area contributed by atoms with Gasteiger partial charge in [0.15, 0.2) is 5.96 Å². The number of ether oxygens (including phenoxy) is 1. The molecule has 1 aliphatic rings. The van der Waals surface area contributed by atoms with Crippen LogP contribution in [-0.2, 0) is 16.6 Å². The molecule has 172 valence electrons. The minimum Gasteiger partial charge on any atom is -0.481 e. The van der Waals surface area contributed by atoms with E-state index in [4.69, 9.17) is 4.74 Å². The van der Waals surface area contributed by atoms with Gasteiger partial charge in [0.25, 0.3) is 0 Å². The SMILES string of the molecule is CCNC(=NCc1ccc(OC)nc1)NCC1CCN(S(=O)(=O)C(F)(F)F)CC1.I. The number of guanidine groups is 1. The first kappa shape index (κ1) is 26.7. The standard InChI is InChI=1S/C17H26F3N5O3S.HI/c1-3-21-16(24-12-14-4-5-15(28-2)22-11-14)23-10-13-6-8-25(9-7-13)29(26,27)17(18,19)20;/h4-5,11,13H,3,6-10,12H2,1-2H3,(H2,21,23,24);1H.